The van der Waals surface area contributed by atoms with Gasteiger partial charge in [-0.25, -0.2) is 14.4 Å². The van der Waals surface area contributed by atoms with Crippen LogP contribution >= 0.6 is 11.6 Å². The van der Waals surface area contributed by atoms with Gasteiger partial charge >= 0.3 is 5.97 Å². The van der Waals surface area contributed by atoms with Crippen LogP contribution in [0.5, 0.6) is 5.75 Å². The Balaban J connectivity index is 1.88. The van der Waals surface area contributed by atoms with E-state index in [1.165, 1.54) is 30.6 Å². The van der Waals surface area contributed by atoms with Gasteiger partial charge in [0.15, 0.2) is 0 Å². The van der Waals surface area contributed by atoms with E-state index in [-0.39, 0.29) is 23.5 Å². The number of likely N-dealkylation sites (N-methyl/N-ethyl adjacent to an activating group) is 2. The number of ether oxygens (including phenoxy) is 2. The van der Waals surface area contributed by atoms with Crippen LogP contribution in [-0.2, 0) is 14.3 Å². The molecule has 1 saturated heterocycles. The zero-order valence-corrected chi connectivity index (χ0v) is 25.3. The molecule has 1 aliphatic rings. The van der Waals surface area contributed by atoms with Crippen molar-refractivity contribution in [2.24, 2.45) is 0 Å². The summed E-state index contributed by atoms with van der Waals surface area (Å²) in [5, 5.41) is 13.1. The minimum absolute atomic E-state index is 0.119. The Morgan fingerprint density at radius 1 is 1.21 bits per heavy atom. The largest absolute Gasteiger partial charge is 0.486 e. The van der Waals surface area contributed by atoms with Crippen molar-refractivity contribution in [3.05, 3.63) is 59.7 Å². The van der Waals surface area contributed by atoms with E-state index in [0.717, 1.165) is 0 Å². The fourth-order valence-corrected chi connectivity index (χ4v) is 4.96. The van der Waals surface area contributed by atoms with Gasteiger partial charge in [0, 0.05) is 42.7 Å². The van der Waals surface area contributed by atoms with Gasteiger partial charge in [-0.05, 0) is 52.5 Å². The molecule has 1 aliphatic heterocycles. The number of carboxylic acid groups (broad SMARTS) is 1. The topological polar surface area (TPSA) is 120 Å². The Hall–Kier alpha value is -3.84. The SMILES string of the molecule is CN(C)C/C=C/C(=O)Nc1cc2c(N(c3ccc(F)c(Cl)c3)C(CC(=O)O)CN(C)C)ncnc2cc1O[C@H]1CCOC1. The van der Waals surface area contributed by atoms with Gasteiger partial charge in [0.25, 0.3) is 0 Å². The molecule has 2 atom stereocenters. The number of hydrogen-bond donors (Lipinski definition) is 2. The number of amides is 1. The van der Waals surface area contributed by atoms with Crippen LogP contribution in [0.3, 0.4) is 0 Å². The second-order valence-electron chi connectivity index (χ2n) is 10.8. The molecule has 0 spiro atoms. The minimum Gasteiger partial charge on any atom is -0.486 e. The summed E-state index contributed by atoms with van der Waals surface area (Å²) >= 11 is 6.18. The molecule has 0 saturated carbocycles. The lowest BCUT2D eigenvalue weighted by molar-refractivity contribution is -0.137. The molecular formula is C30H36ClFN6O5. The number of fused-ring (bicyclic) bond motifs is 1. The molecule has 1 unspecified atom stereocenters. The Bertz CT molecular complexity index is 1480. The second-order valence-corrected chi connectivity index (χ2v) is 11.2. The molecule has 0 radical (unpaired) electrons. The number of benzene rings is 2. The van der Waals surface area contributed by atoms with E-state index in [1.54, 1.807) is 23.1 Å². The summed E-state index contributed by atoms with van der Waals surface area (Å²) in [6.45, 7) is 1.91. The van der Waals surface area contributed by atoms with E-state index in [1.807, 2.05) is 38.0 Å². The van der Waals surface area contributed by atoms with E-state index in [4.69, 9.17) is 21.1 Å². The number of aliphatic carboxylic acids is 1. The van der Waals surface area contributed by atoms with Gasteiger partial charge in [-0.15, -0.1) is 0 Å². The van der Waals surface area contributed by atoms with Crippen LogP contribution in [0.2, 0.25) is 5.02 Å². The Morgan fingerprint density at radius 3 is 2.65 bits per heavy atom. The zero-order valence-electron chi connectivity index (χ0n) is 24.6. The molecule has 0 bridgehead atoms. The third kappa shape index (κ3) is 8.60. The van der Waals surface area contributed by atoms with Crippen LogP contribution < -0.4 is 15.0 Å². The predicted octanol–water partition coefficient (Wildman–Crippen LogP) is 4.19. The number of aromatic nitrogens is 2. The number of carbonyl (C=O) groups excluding carboxylic acids is 1. The van der Waals surface area contributed by atoms with E-state index >= 15 is 0 Å². The molecule has 1 fully saturated rings. The van der Waals surface area contributed by atoms with Gasteiger partial charge in [-0.2, -0.15) is 0 Å². The Labute approximate surface area is 254 Å². The fraction of sp³-hybridized carbons (Fsp3) is 0.400. The average molecular weight is 615 g/mol. The molecule has 43 heavy (non-hydrogen) atoms. The normalized spacial score (nSPS) is 15.9. The van der Waals surface area contributed by atoms with E-state index in [2.05, 4.69) is 15.3 Å². The van der Waals surface area contributed by atoms with E-state index in [0.29, 0.717) is 66.6 Å². The van der Waals surface area contributed by atoms with Crippen molar-refractivity contribution < 1.29 is 28.6 Å². The summed E-state index contributed by atoms with van der Waals surface area (Å²) in [5.74, 6) is -1.21. The summed E-state index contributed by atoms with van der Waals surface area (Å²) in [5.41, 5.74) is 1.33. The highest BCUT2D eigenvalue weighted by molar-refractivity contribution is 6.31. The number of nitrogens with one attached hydrogen (secondary N) is 1. The first-order valence-corrected chi connectivity index (χ1v) is 14.2. The quantitative estimate of drug-likeness (QED) is 0.271. The molecule has 2 N–H and O–H groups in total. The summed E-state index contributed by atoms with van der Waals surface area (Å²) in [7, 11) is 7.46. The Morgan fingerprint density at radius 2 is 2.00 bits per heavy atom. The second kappa shape index (κ2) is 14.6. The number of nitrogens with zero attached hydrogens (tertiary/aromatic N) is 5. The first-order valence-electron chi connectivity index (χ1n) is 13.8. The third-order valence-electron chi connectivity index (χ3n) is 6.66. The lowest BCUT2D eigenvalue weighted by Gasteiger charge is -2.34. The molecule has 0 aliphatic carbocycles. The zero-order chi connectivity index (χ0) is 31.1. The lowest BCUT2D eigenvalue weighted by Crippen LogP contribution is -2.41. The van der Waals surface area contributed by atoms with Crippen LogP contribution in [0, 0.1) is 5.82 Å². The molecule has 1 amide bonds. The predicted molar refractivity (Wildman–Crippen MR) is 164 cm³/mol. The summed E-state index contributed by atoms with van der Waals surface area (Å²) in [6, 6.07) is 6.97. The van der Waals surface area contributed by atoms with Crippen LogP contribution in [0.15, 0.2) is 48.8 Å². The number of rotatable bonds is 13. The molecule has 1 aromatic heterocycles. The fourth-order valence-electron chi connectivity index (χ4n) is 4.79. The van der Waals surface area contributed by atoms with Crippen molar-refractivity contribution in [2.75, 3.05) is 64.7 Å². The molecule has 230 valence electrons. The van der Waals surface area contributed by atoms with Crippen molar-refractivity contribution in [3.63, 3.8) is 0 Å². The smallest absolute Gasteiger partial charge is 0.305 e. The molecule has 4 rings (SSSR count). The van der Waals surface area contributed by atoms with Crippen molar-refractivity contribution in [1.29, 1.82) is 0 Å². The van der Waals surface area contributed by atoms with Crippen molar-refractivity contribution >= 4 is 51.6 Å². The number of anilines is 3. The van der Waals surface area contributed by atoms with Crippen LogP contribution in [0.4, 0.5) is 21.6 Å². The molecule has 3 aromatic rings. The van der Waals surface area contributed by atoms with Gasteiger partial charge in [0.05, 0.1) is 41.9 Å². The third-order valence-corrected chi connectivity index (χ3v) is 6.95. The van der Waals surface area contributed by atoms with Gasteiger partial charge in [0.1, 0.15) is 29.8 Å². The Kier molecular flexibility index (Phi) is 10.9. The maximum absolute atomic E-state index is 14.2. The number of carbonyl (C=O) groups is 2. The van der Waals surface area contributed by atoms with Crippen LogP contribution in [0.25, 0.3) is 10.9 Å². The minimum atomic E-state index is -1.02. The molecule has 2 heterocycles. The van der Waals surface area contributed by atoms with Gasteiger partial charge < -0.3 is 34.6 Å². The molecule has 13 heteroatoms. The molecule has 11 nitrogen and oxygen atoms in total. The highest BCUT2D eigenvalue weighted by atomic mass is 35.5. The van der Waals surface area contributed by atoms with E-state index in [9.17, 15) is 19.1 Å². The van der Waals surface area contributed by atoms with Crippen molar-refractivity contribution in [1.82, 2.24) is 19.8 Å². The molecular weight excluding hydrogens is 579 g/mol. The maximum atomic E-state index is 14.2. The first-order chi connectivity index (χ1) is 20.5. The monoisotopic (exact) mass is 614 g/mol. The van der Waals surface area contributed by atoms with Crippen molar-refractivity contribution in [2.45, 2.75) is 25.0 Å². The highest BCUT2D eigenvalue weighted by Crippen LogP contribution is 2.39. The average Bonchev–Trinajstić information content (AvgIpc) is 3.43. The van der Waals surface area contributed by atoms with Crippen molar-refractivity contribution in [3.8, 4) is 5.75 Å². The highest BCUT2D eigenvalue weighted by Gasteiger charge is 2.28. The van der Waals surface area contributed by atoms with Crippen LogP contribution in [0.1, 0.15) is 12.8 Å². The standard InChI is InChI=1S/C30H36ClFN6O5/c1-36(2)10-5-6-28(39)35-26-14-22-25(15-27(26)43-21-9-11-42-17-21)33-18-34-30(22)38(19-7-8-24(32)23(31)12-19)20(13-29(40)41)16-37(3)4/h5-8,12,14-15,18,20-21H,9-11,13,16-17H2,1-4H3,(H,35,39)(H,40,41)/b6-5+/t20?,21-/m0/s1. The summed E-state index contributed by atoms with van der Waals surface area (Å²) in [6.07, 6.45) is 4.81. The number of hydrogen-bond acceptors (Lipinski definition) is 9. The number of carboxylic acids is 1. The lowest BCUT2D eigenvalue weighted by atomic mass is 10.1. The maximum Gasteiger partial charge on any atom is 0.305 e. The van der Waals surface area contributed by atoms with Gasteiger partial charge in [-0.1, -0.05) is 17.7 Å². The van der Waals surface area contributed by atoms with E-state index < -0.39 is 17.8 Å². The van der Waals surface area contributed by atoms with Gasteiger partial charge in [0.2, 0.25) is 5.91 Å². The summed E-state index contributed by atoms with van der Waals surface area (Å²) < 4.78 is 25.9. The first kappa shape index (κ1) is 32.1. The summed E-state index contributed by atoms with van der Waals surface area (Å²) in [4.78, 5) is 39.5. The van der Waals surface area contributed by atoms with Crippen LogP contribution in [-0.4, -0.2) is 103 Å². The molecule has 2 aromatic carbocycles. The van der Waals surface area contributed by atoms with Gasteiger partial charge in [-0.3, -0.25) is 9.59 Å². The number of halogens is 2.